The van der Waals surface area contributed by atoms with Crippen LogP contribution >= 0.6 is 0 Å². The van der Waals surface area contributed by atoms with E-state index in [2.05, 4.69) is 22.3 Å². The Balaban J connectivity index is 1.63. The Morgan fingerprint density at radius 1 is 0.939 bits per heavy atom. The summed E-state index contributed by atoms with van der Waals surface area (Å²) in [5.74, 6) is -0.601. The van der Waals surface area contributed by atoms with Crippen LogP contribution in [0.3, 0.4) is 0 Å². The second-order valence-corrected chi connectivity index (χ2v) is 9.10. The summed E-state index contributed by atoms with van der Waals surface area (Å²) < 4.78 is 5.60. The molecule has 174 valence electrons. The van der Waals surface area contributed by atoms with E-state index in [1.807, 2.05) is 58.0 Å². The van der Waals surface area contributed by atoms with Gasteiger partial charge in [-0.2, -0.15) is 0 Å². The van der Waals surface area contributed by atoms with Crippen molar-refractivity contribution in [1.29, 1.82) is 0 Å². The first kappa shape index (κ1) is 23.1. The Morgan fingerprint density at radius 3 is 2.27 bits per heavy atom. The van der Waals surface area contributed by atoms with Gasteiger partial charge in [-0.25, -0.2) is 0 Å². The van der Waals surface area contributed by atoms with Crippen LogP contribution < -0.4 is 10.2 Å². The van der Waals surface area contributed by atoms with Gasteiger partial charge in [-0.05, 0) is 81.5 Å². The number of hydrogen-bond donors (Lipinski definition) is 1. The lowest BCUT2D eigenvalue weighted by molar-refractivity contribution is -0.137. The van der Waals surface area contributed by atoms with E-state index >= 15 is 0 Å². The zero-order valence-electron chi connectivity index (χ0n) is 20.0. The van der Waals surface area contributed by atoms with E-state index in [0.717, 1.165) is 35.5 Å². The molecule has 2 aliphatic rings. The third-order valence-electron chi connectivity index (χ3n) is 6.34. The SMILES string of the molecule is Cc1ccc(C2=C(Nc3ccc(N4CCCC4)cc3)C(=O)N(CCOC(C)C)C2=O)cc1C. The Hall–Kier alpha value is -3.12. The number of carbonyl (C=O) groups excluding carboxylic acids is 2. The number of aryl methyl sites for hydroxylation is 2. The van der Waals surface area contributed by atoms with Crippen molar-refractivity contribution < 1.29 is 14.3 Å². The first-order chi connectivity index (χ1) is 15.8. The van der Waals surface area contributed by atoms with Crippen molar-refractivity contribution in [3.05, 3.63) is 64.9 Å². The number of anilines is 2. The van der Waals surface area contributed by atoms with E-state index in [1.165, 1.54) is 23.4 Å². The van der Waals surface area contributed by atoms with Crippen molar-refractivity contribution in [2.24, 2.45) is 0 Å². The highest BCUT2D eigenvalue weighted by Crippen LogP contribution is 2.32. The molecule has 0 aliphatic carbocycles. The van der Waals surface area contributed by atoms with Gasteiger partial charge in [0.2, 0.25) is 0 Å². The summed E-state index contributed by atoms with van der Waals surface area (Å²) in [6.45, 7) is 10.6. The highest BCUT2D eigenvalue weighted by atomic mass is 16.5. The number of ether oxygens (including phenoxy) is 1. The summed E-state index contributed by atoms with van der Waals surface area (Å²) in [4.78, 5) is 30.3. The molecule has 0 saturated carbocycles. The summed E-state index contributed by atoms with van der Waals surface area (Å²) in [6, 6.07) is 14.0. The third-order valence-corrected chi connectivity index (χ3v) is 6.34. The lowest BCUT2D eigenvalue weighted by Gasteiger charge is -2.18. The monoisotopic (exact) mass is 447 g/mol. The molecule has 2 aromatic rings. The van der Waals surface area contributed by atoms with Gasteiger partial charge in [-0.3, -0.25) is 14.5 Å². The zero-order chi connectivity index (χ0) is 23.5. The predicted molar refractivity (Wildman–Crippen MR) is 132 cm³/mol. The molecule has 2 amide bonds. The summed E-state index contributed by atoms with van der Waals surface area (Å²) in [7, 11) is 0. The number of carbonyl (C=O) groups is 2. The average Bonchev–Trinajstić information content (AvgIpc) is 3.40. The van der Waals surface area contributed by atoms with Crippen LogP contribution in [-0.4, -0.2) is 49.1 Å². The van der Waals surface area contributed by atoms with E-state index in [-0.39, 0.29) is 24.5 Å². The smallest absolute Gasteiger partial charge is 0.278 e. The van der Waals surface area contributed by atoms with Crippen molar-refractivity contribution >= 4 is 28.8 Å². The summed E-state index contributed by atoms with van der Waals surface area (Å²) in [5.41, 5.74) is 5.68. The molecule has 6 nitrogen and oxygen atoms in total. The van der Waals surface area contributed by atoms with Crippen LogP contribution in [0.5, 0.6) is 0 Å². The first-order valence-corrected chi connectivity index (χ1v) is 11.8. The number of rotatable bonds is 8. The van der Waals surface area contributed by atoms with Crippen molar-refractivity contribution in [1.82, 2.24) is 4.90 Å². The van der Waals surface area contributed by atoms with Gasteiger partial charge in [0.05, 0.1) is 24.8 Å². The van der Waals surface area contributed by atoms with Gasteiger partial charge in [0.1, 0.15) is 5.70 Å². The summed E-state index contributed by atoms with van der Waals surface area (Å²) in [6.07, 6.45) is 2.48. The van der Waals surface area contributed by atoms with Crippen molar-refractivity contribution in [3.8, 4) is 0 Å². The fourth-order valence-electron chi connectivity index (χ4n) is 4.31. The lowest BCUT2D eigenvalue weighted by Crippen LogP contribution is -2.35. The van der Waals surface area contributed by atoms with Gasteiger partial charge in [0.25, 0.3) is 11.8 Å². The predicted octanol–water partition coefficient (Wildman–Crippen LogP) is 4.52. The number of amides is 2. The van der Waals surface area contributed by atoms with Crippen LogP contribution in [0.25, 0.3) is 5.57 Å². The second kappa shape index (κ2) is 9.79. The molecule has 0 bridgehead atoms. The largest absolute Gasteiger partial charge is 0.377 e. The molecule has 1 saturated heterocycles. The lowest BCUT2D eigenvalue weighted by atomic mass is 9.99. The summed E-state index contributed by atoms with van der Waals surface area (Å²) in [5, 5.41) is 3.26. The number of imide groups is 1. The minimum atomic E-state index is -0.316. The molecule has 0 spiro atoms. The minimum Gasteiger partial charge on any atom is -0.377 e. The quantitative estimate of drug-likeness (QED) is 0.603. The molecule has 0 radical (unpaired) electrons. The average molecular weight is 448 g/mol. The zero-order valence-corrected chi connectivity index (χ0v) is 20.0. The number of hydrogen-bond acceptors (Lipinski definition) is 5. The maximum absolute atomic E-state index is 13.4. The van der Waals surface area contributed by atoms with E-state index in [0.29, 0.717) is 17.9 Å². The number of nitrogens with one attached hydrogen (secondary N) is 1. The highest BCUT2D eigenvalue weighted by molar-refractivity contribution is 6.36. The Morgan fingerprint density at radius 2 is 1.64 bits per heavy atom. The molecule has 0 unspecified atom stereocenters. The van der Waals surface area contributed by atoms with E-state index < -0.39 is 0 Å². The molecule has 33 heavy (non-hydrogen) atoms. The number of benzene rings is 2. The first-order valence-electron chi connectivity index (χ1n) is 11.8. The molecule has 6 heteroatoms. The molecule has 2 heterocycles. The van der Waals surface area contributed by atoms with E-state index in [4.69, 9.17) is 4.74 Å². The molecular weight excluding hydrogens is 414 g/mol. The van der Waals surface area contributed by atoms with Crippen molar-refractivity contribution in [3.63, 3.8) is 0 Å². The molecule has 4 rings (SSSR count). The fraction of sp³-hybridized carbons (Fsp3) is 0.407. The minimum absolute atomic E-state index is 0.0386. The molecular formula is C27H33N3O3. The van der Waals surface area contributed by atoms with Crippen molar-refractivity contribution in [2.45, 2.75) is 46.6 Å². The van der Waals surface area contributed by atoms with Gasteiger partial charge in [-0.1, -0.05) is 18.2 Å². The Labute approximate surface area is 196 Å². The van der Waals surface area contributed by atoms with Crippen LogP contribution in [0, 0.1) is 13.8 Å². The van der Waals surface area contributed by atoms with E-state index in [1.54, 1.807) is 0 Å². The fourth-order valence-corrected chi connectivity index (χ4v) is 4.31. The van der Waals surface area contributed by atoms with Crippen LogP contribution in [0.1, 0.15) is 43.4 Å². The van der Waals surface area contributed by atoms with E-state index in [9.17, 15) is 9.59 Å². The third kappa shape index (κ3) is 4.96. The van der Waals surface area contributed by atoms with Crippen molar-refractivity contribution in [2.75, 3.05) is 36.5 Å². The molecule has 2 aliphatic heterocycles. The second-order valence-electron chi connectivity index (χ2n) is 9.10. The molecule has 0 atom stereocenters. The Kier molecular flexibility index (Phi) is 6.84. The maximum atomic E-state index is 13.4. The van der Waals surface area contributed by atoms with Gasteiger partial charge in [0, 0.05) is 24.5 Å². The Bertz CT molecular complexity index is 1070. The van der Waals surface area contributed by atoms with Gasteiger partial charge >= 0.3 is 0 Å². The molecule has 1 fully saturated rings. The van der Waals surface area contributed by atoms with Gasteiger partial charge < -0.3 is 15.0 Å². The molecule has 1 N–H and O–H groups in total. The van der Waals surface area contributed by atoms with Gasteiger partial charge in [-0.15, -0.1) is 0 Å². The maximum Gasteiger partial charge on any atom is 0.278 e. The van der Waals surface area contributed by atoms with Gasteiger partial charge in [0.15, 0.2) is 0 Å². The standard InChI is InChI=1S/C27H33N3O3/c1-18(2)33-16-15-30-26(31)24(21-8-7-19(3)20(4)17-21)25(27(30)32)28-22-9-11-23(12-10-22)29-13-5-6-14-29/h7-12,17-18,28H,5-6,13-16H2,1-4H3. The van der Waals surface area contributed by atoms with Crippen LogP contribution in [-0.2, 0) is 14.3 Å². The normalized spacial score (nSPS) is 16.5. The van der Waals surface area contributed by atoms with Crippen LogP contribution in [0.4, 0.5) is 11.4 Å². The van der Waals surface area contributed by atoms with Crippen LogP contribution in [0.15, 0.2) is 48.2 Å². The topological polar surface area (TPSA) is 61.9 Å². The highest BCUT2D eigenvalue weighted by Gasteiger charge is 2.39. The van der Waals surface area contributed by atoms with Crippen LogP contribution in [0.2, 0.25) is 0 Å². The number of nitrogens with zero attached hydrogens (tertiary/aromatic N) is 2. The molecule has 0 aromatic heterocycles. The summed E-state index contributed by atoms with van der Waals surface area (Å²) >= 11 is 0. The molecule has 2 aromatic carbocycles.